The molecule has 1 saturated carbocycles. The molecule has 6 heteroatoms. The molecule has 1 saturated heterocycles. The van der Waals surface area contributed by atoms with E-state index in [1.165, 1.54) is 12.1 Å². The molecule has 2 atom stereocenters. The van der Waals surface area contributed by atoms with E-state index >= 15 is 0 Å². The molecule has 0 unspecified atom stereocenters. The van der Waals surface area contributed by atoms with Crippen LogP contribution in [-0.2, 0) is 4.79 Å². The van der Waals surface area contributed by atoms with Gasteiger partial charge < -0.3 is 16.0 Å². The molecule has 5 nitrogen and oxygen atoms in total. The number of likely N-dealkylation sites (tertiary alicyclic amines) is 1. The highest BCUT2D eigenvalue weighted by atomic mass is 19.1. The summed E-state index contributed by atoms with van der Waals surface area (Å²) in [5.74, 6) is -0.0913. The van der Waals surface area contributed by atoms with E-state index < -0.39 is 11.6 Å². The van der Waals surface area contributed by atoms with E-state index in [9.17, 15) is 14.0 Å². The van der Waals surface area contributed by atoms with Crippen molar-refractivity contribution in [2.75, 3.05) is 6.54 Å². The fraction of sp³-hybridized carbons (Fsp3) is 0.579. The average molecular weight is 347 g/mol. The van der Waals surface area contributed by atoms with Crippen molar-refractivity contribution in [1.82, 2.24) is 10.2 Å². The highest BCUT2D eigenvalue weighted by molar-refractivity contribution is 5.91. The molecule has 1 aliphatic carbocycles. The Morgan fingerprint density at radius 2 is 1.84 bits per heavy atom. The van der Waals surface area contributed by atoms with Crippen molar-refractivity contribution in [3.63, 3.8) is 0 Å². The van der Waals surface area contributed by atoms with E-state index in [0.29, 0.717) is 19.4 Å². The smallest absolute Gasteiger partial charge is 0.313 e. The zero-order chi connectivity index (χ0) is 18.0. The molecule has 2 fully saturated rings. The van der Waals surface area contributed by atoms with Gasteiger partial charge in [-0.2, -0.15) is 0 Å². The number of hydrogen-bond acceptors (Lipinski definition) is 2. The van der Waals surface area contributed by atoms with Gasteiger partial charge in [0.2, 0.25) is 5.91 Å². The summed E-state index contributed by atoms with van der Waals surface area (Å²) in [6.45, 7) is 2.62. The van der Waals surface area contributed by atoms with Gasteiger partial charge in [0.25, 0.3) is 0 Å². The molecule has 3 N–H and O–H groups in total. The summed E-state index contributed by atoms with van der Waals surface area (Å²) >= 11 is 0. The number of nitrogens with zero attached hydrogens (tertiary/aromatic N) is 1. The summed E-state index contributed by atoms with van der Waals surface area (Å²) in [6.07, 6.45) is 5.01. The average Bonchev–Trinajstić information content (AvgIpc) is 2.96. The van der Waals surface area contributed by atoms with Gasteiger partial charge in [0.05, 0.1) is 0 Å². The van der Waals surface area contributed by atoms with Gasteiger partial charge in [-0.15, -0.1) is 0 Å². The first-order valence-corrected chi connectivity index (χ1v) is 9.05. The number of amides is 3. The van der Waals surface area contributed by atoms with Crippen LogP contribution >= 0.6 is 0 Å². The number of primary amides is 1. The third-order valence-electron chi connectivity index (χ3n) is 5.66. The normalized spacial score (nSPS) is 25.6. The number of carbonyl (C=O) groups excluding carboxylic acids is 2. The molecule has 136 valence electrons. The maximum Gasteiger partial charge on any atom is 0.313 e. The van der Waals surface area contributed by atoms with Gasteiger partial charge >= 0.3 is 6.03 Å². The van der Waals surface area contributed by atoms with Crippen molar-refractivity contribution in [1.29, 1.82) is 0 Å². The molecule has 2 aliphatic rings. The second-order valence-corrected chi connectivity index (χ2v) is 7.42. The number of nitrogens with one attached hydrogen (secondary N) is 1. The van der Waals surface area contributed by atoms with Gasteiger partial charge in [-0.1, -0.05) is 31.4 Å². The van der Waals surface area contributed by atoms with Crippen LogP contribution in [-0.4, -0.2) is 35.0 Å². The van der Waals surface area contributed by atoms with Crippen molar-refractivity contribution in [2.24, 2.45) is 5.73 Å². The minimum absolute atomic E-state index is 0.0249. The Hall–Kier alpha value is -2.11. The van der Waals surface area contributed by atoms with Crippen LogP contribution in [0.15, 0.2) is 24.3 Å². The van der Waals surface area contributed by atoms with Crippen LogP contribution in [0.2, 0.25) is 0 Å². The van der Waals surface area contributed by atoms with Gasteiger partial charge in [0, 0.05) is 18.5 Å². The number of rotatable bonds is 3. The topological polar surface area (TPSA) is 75.4 Å². The molecular formula is C19H26FN3O2. The van der Waals surface area contributed by atoms with Crippen molar-refractivity contribution >= 4 is 11.9 Å². The number of benzene rings is 1. The molecule has 25 heavy (non-hydrogen) atoms. The van der Waals surface area contributed by atoms with Crippen molar-refractivity contribution < 1.29 is 14.0 Å². The number of halogens is 1. The van der Waals surface area contributed by atoms with E-state index in [4.69, 9.17) is 5.73 Å². The van der Waals surface area contributed by atoms with Gasteiger partial charge in [-0.3, -0.25) is 4.79 Å². The van der Waals surface area contributed by atoms with Crippen molar-refractivity contribution in [2.45, 2.75) is 62.9 Å². The Kier molecular flexibility index (Phi) is 4.97. The number of nitrogens with two attached hydrogens (primary N) is 1. The standard InChI is InChI=1S/C19H26FN3O2/c1-13-11-15(14-5-7-16(20)8-6-14)12-23(13)17(24)19(22-18(21)25)9-3-2-4-10-19/h5-8,13,15H,2-4,9-12H2,1H3,(H3,21,22,25)/t13-,15+/m0/s1. The molecule has 3 amide bonds. The lowest BCUT2D eigenvalue weighted by atomic mass is 9.80. The SMILES string of the molecule is C[C@H]1C[C@@H](c2ccc(F)cc2)CN1C(=O)C1(NC(N)=O)CCCCC1. The highest BCUT2D eigenvalue weighted by Crippen LogP contribution is 2.36. The van der Waals surface area contributed by atoms with Gasteiger partial charge in [-0.05, 0) is 43.9 Å². The van der Waals surface area contributed by atoms with Gasteiger partial charge in [0.15, 0.2) is 0 Å². The minimum atomic E-state index is -0.865. The Balaban J connectivity index is 1.78. The summed E-state index contributed by atoms with van der Waals surface area (Å²) < 4.78 is 13.2. The predicted molar refractivity (Wildman–Crippen MR) is 93.5 cm³/mol. The molecule has 1 aliphatic heterocycles. The van der Waals surface area contributed by atoms with Crippen LogP contribution in [0.1, 0.15) is 56.9 Å². The maximum atomic E-state index is 13.3. The van der Waals surface area contributed by atoms with E-state index in [1.54, 1.807) is 12.1 Å². The fourth-order valence-electron chi connectivity index (χ4n) is 4.35. The summed E-state index contributed by atoms with van der Waals surface area (Å²) in [5.41, 5.74) is 5.54. The van der Waals surface area contributed by atoms with E-state index in [2.05, 4.69) is 5.32 Å². The van der Waals surface area contributed by atoms with Crippen LogP contribution < -0.4 is 11.1 Å². The third kappa shape index (κ3) is 3.62. The first-order valence-electron chi connectivity index (χ1n) is 9.05. The molecule has 1 heterocycles. The summed E-state index contributed by atoms with van der Waals surface area (Å²) in [6, 6.07) is 5.94. The molecule has 3 rings (SSSR count). The van der Waals surface area contributed by atoms with Crippen LogP contribution in [0.25, 0.3) is 0 Å². The minimum Gasteiger partial charge on any atom is -0.352 e. The van der Waals surface area contributed by atoms with Gasteiger partial charge in [0.1, 0.15) is 11.4 Å². The zero-order valence-electron chi connectivity index (χ0n) is 14.6. The molecule has 0 spiro atoms. The second-order valence-electron chi connectivity index (χ2n) is 7.42. The number of hydrogen-bond donors (Lipinski definition) is 2. The Bertz CT molecular complexity index is 641. The van der Waals surface area contributed by atoms with Crippen LogP contribution in [0.4, 0.5) is 9.18 Å². The quantitative estimate of drug-likeness (QED) is 0.882. The number of carbonyl (C=O) groups is 2. The summed E-state index contributed by atoms with van der Waals surface area (Å²) in [4.78, 5) is 26.7. The Morgan fingerprint density at radius 3 is 2.44 bits per heavy atom. The zero-order valence-corrected chi connectivity index (χ0v) is 14.6. The molecule has 0 aromatic heterocycles. The predicted octanol–water partition coefficient (Wildman–Crippen LogP) is 2.90. The van der Waals surface area contributed by atoms with Crippen molar-refractivity contribution in [3.05, 3.63) is 35.6 Å². The van der Waals surface area contributed by atoms with E-state index in [-0.39, 0.29) is 23.7 Å². The van der Waals surface area contributed by atoms with Gasteiger partial charge in [-0.25, -0.2) is 9.18 Å². The lowest BCUT2D eigenvalue weighted by Gasteiger charge is -2.40. The molecule has 1 aromatic rings. The highest BCUT2D eigenvalue weighted by Gasteiger charge is 2.46. The molecule has 0 radical (unpaired) electrons. The lowest BCUT2D eigenvalue weighted by molar-refractivity contribution is -0.140. The van der Waals surface area contributed by atoms with E-state index in [1.807, 2.05) is 11.8 Å². The Labute approximate surface area is 147 Å². The second kappa shape index (κ2) is 7.02. The van der Waals surface area contributed by atoms with Crippen LogP contribution in [0, 0.1) is 5.82 Å². The first-order chi connectivity index (χ1) is 11.9. The van der Waals surface area contributed by atoms with Crippen molar-refractivity contribution in [3.8, 4) is 0 Å². The third-order valence-corrected chi connectivity index (χ3v) is 5.66. The molecular weight excluding hydrogens is 321 g/mol. The molecule has 0 bridgehead atoms. The van der Waals surface area contributed by atoms with E-state index in [0.717, 1.165) is 31.2 Å². The summed E-state index contributed by atoms with van der Waals surface area (Å²) in [7, 11) is 0. The number of urea groups is 1. The first kappa shape index (κ1) is 17.7. The van der Waals surface area contributed by atoms with Crippen LogP contribution in [0.3, 0.4) is 0 Å². The van der Waals surface area contributed by atoms with Crippen LogP contribution in [0.5, 0.6) is 0 Å². The Morgan fingerprint density at radius 1 is 1.20 bits per heavy atom. The largest absolute Gasteiger partial charge is 0.352 e. The molecule has 1 aromatic carbocycles. The monoisotopic (exact) mass is 347 g/mol. The maximum absolute atomic E-state index is 13.3. The lowest BCUT2D eigenvalue weighted by Crippen LogP contribution is -2.62. The summed E-state index contributed by atoms with van der Waals surface area (Å²) in [5, 5.41) is 2.75. The fourth-order valence-corrected chi connectivity index (χ4v) is 4.35.